The second-order valence-corrected chi connectivity index (χ2v) is 7.46. The number of nitrogens with zero attached hydrogens (tertiary/aromatic N) is 2. The third-order valence-corrected chi connectivity index (χ3v) is 5.01. The summed E-state index contributed by atoms with van der Waals surface area (Å²) in [5, 5.41) is 8.23. The van der Waals surface area contributed by atoms with E-state index in [1.165, 1.54) is 6.07 Å². The van der Waals surface area contributed by atoms with E-state index in [2.05, 4.69) is 15.2 Å². The molecule has 2 heterocycles. The molecule has 8 heteroatoms. The summed E-state index contributed by atoms with van der Waals surface area (Å²) in [5.41, 5.74) is 9.66. The number of nitrogens with two attached hydrogens (primary N) is 1. The lowest BCUT2D eigenvalue weighted by molar-refractivity contribution is -0.137. The number of H-pyrrole nitrogens is 1. The second-order valence-electron chi connectivity index (χ2n) is 7.46. The van der Waals surface area contributed by atoms with Gasteiger partial charge in [-0.15, -0.1) is 0 Å². The van der Waals surface area contributed by atoms with Crippen LogP contribution in [0, 0.1) is 6.92 Å². The summed E-state index contributed by atoms with van der Waals surface area (Å²) in [6.45, 7) is 2.12. The predicted molar refractivity (Wildman–Crippen MR) is 113 cm³/mol. The molecule has 3 N–H and O–H groups in total. The number of rotatable bonds is 6. The predicted octanol–water partition coefficient (Wildman–Crippen LogP) is 4.90. The van der Waals surface area contributed by atoms with Crippen LogP contribution in [0.3, 0.4) is 0 Å². The van der Waals surface area contributed by atoms with Crippen molar-refractivity contribution < 1.29 is 17.9 Å². The highest BCUT2D eigenvalue weighted by Gasteiger charge is 2.30. The highest BCUT2D eigenvalue weighted by atomic mass is 19.4. The maximum absolute atomic E-state index is 12.9. The Morgan fingerprint density at radius 3 is 2.71 bits per heavy atom. The fourth-order valence-electron chi connectivity index (χ4n) is 3.41. The van der Waals surface area contributed by atoms with Crippen LogP contribution in [0.2, 0.25) is 0 Å². The molecule has 0 saturated heterocycles. The number of hydrogen-bond donors (Lipinski definition) is 2. The van der Waals surface area contributed by atoms with Crippen molar-refractivity contribution in [1.82, 2.24) is 15.2 Å². The molecule has 160 valence electrons. The molecule has 0 aliphatic carbocycles. The van der Waals surface area contributed by atoms with Gasteiger partial charge in [0.1, 0.15) is 12.4 Å². The molecule has 2 aromatic heterocycles. The van der Waals surface area contributed by atoms with Gasteiger partial charge in [-0.2, -0.15) is 18.3 Å². The fourth-order valence-corrected chi connectivity index (χ4v) is 3.41. The number of fused-ring (bicyclic) bond motifs is 1. The molecular formula is C23H21F3N4O. The number of nitrogens with one attached hydrogen (secondary N) is 1. The van der Waals surface area contributed by atoms with Gasteiger partial charge < -0.3 is 10.5 Å². The van der Waals surface area contributed by atoms with Crippen molar-refractivity contribution >= 4 is 10.9 Å². The van der Waals surface area contributed by atoms with E-state index in [1.807, 2.05) is 31.2 Å². The Hall–Kier alpha value is -3.39. The zero-order valence-corrected chi connectivity index (χ0v) is 16.8. The molecule has 0 spiro atoms. The zero-order chi connectivity index (χ0) is 22.0. The van der Waals surface area contributed by atoms with Crippen LogP contribution in [-0.4, -0.2) is 27.8 Å². The lowest BCUT2D eigenvalue weighted by Crippen LogP contribution is -2.30. The van der Waals surface area contributed by atoms with Gasteiger partial charge >= 0.3 is 6.18 Å². The number of hydrogen-bond acceptors (Lipinski definition) is 4. The monoisotopic (exact) mass is 426 g/mol. The summed E-state index contributed by atoms with van der Waals surface area (Å²) in [7, 11) is 0. The number of alkyl halides is 3. The maximum atomic E-state index is 12.9. The quantitative estimate of drug-likeness (QED) is 0.460. The van der Waals surface area contributed by atoms with Gasteiger partial charge in [0.15, 0.2) is 0 Å². The molecule has 31 heavy (non-hydrogen) atoms. The smallest absolute Gasteiger partial charge is 0.416 e. The van der Waals surface area contributed by atoms with Crippen molar-refractivity contribution in [2.24, 2.45) is 5.73 Å². The van der Waals surface area contributed by atoms with E-state index in [1.54, 1.807) is 18.5 Å². The van der Waals surface area contributed by atoms with E-state index in [0.717, 1.165) is 39.9 Å². The van der Waals surface area contributed by atoms with E-state index < -0.39 is 17.8 Å². The maximum Gasteiger partial charge on any atom is 0.416 e. The van der Waals surface area contributed by atoms with Crippen molar-refractivity contribution in [2.75, 3.05) is 6.61 Å². The molecule has 2 aromatic carbocycles. The van der Waals surface area contributed by atoms with Crippen LogP contribution in [0.4, 0.5) is 13.2 Å². The van der Waals surface area contributed by atoms with Crippen molar-refractivity contribution in [3.8, 4) is 16.9 Å². The minimum absolute atomic E-state index is 0.154. The van der Waals surface area contributed by atoms with Crippen LogP contribution in [0.15, 0.2) is 60.9 Å². The van der Waals surface area contributed by atoms with E-state index in [0.29, 0.717) is 11.3 Å². The van der Waals surface area contributed by atoms with Gasteiger partial charge in [-0.05, 0) is 48.7 Å². The van der Waals surface area contributed by atoms with Gasteiger partial charge in [0.2, 0.25) is 0 Å². The van der Waals surface area contributed by atoms with Crippen molar-refractivity contribution in [3.05, 3.63) is 77.7 Å². The van der Waals surface area contributed by atoms with Crippen LogP contribution in [-0.2, 0) is 12.6 Å². The molecule has 0 unspecified atom stereocenters. The highest BCUT2D eigenvalue weighted by molar-refractivity contribution is 5.86. The number of ether oxygens (including phenoxy) is 1. The Morgan fingerprint density at radius 2 is 1.90 bits per heavy atom. The molecule has 4 aromatic rings. The van der Waals surface area contributed by atoms with E-state index in [4.69, 9.17) is 10.5 Å². The largest absolute Gasteiger partial charge is 0.490 e. The van der Waals surface area contributed by atoms with Gasteiger partial charge in [-0.3, -0.25) is 10.1 Å². The standard InChI is InChI=1S/C23H21F3N4O/c1-14-21-10-16(5-6-22(21)30-29-14)17-9-20(12-28-11-17)31-13-19(27)8-15-3-2-4-18(7-15)23(24,25)26/h2-7,9-12,19H,8,13,27H2,1H3,(H,29,30)/t19-/m0/s1. The summed E-state index contributed by atoms with van der Waals surface area (Å²) in [4.78, 5) is 4.24. The molecular weight excluding hydrogens is 405 g/mol. The number of aromatic amines is 1. The molecule has 4 rings (SSSR count). The number of aryl methyl sites for hydroxylation is 1. The Morgan fingerprint density at radius 1 is 1.06 bits per heavy atom. The minimum atomic E-state index is -4.37. The Kier molecular flexibility index (Phi) is 5.65. The summed E-state index contributed by atoms with van der Waals surface area (Å²) in [6, 6.07) is 12.5. The Bertz CT molecular complexity index is 1200. The normalized spacial score (nSPS) is 12.8. The van der Waals surface area contributed by atoms with Crippen molar-refractivity contribution in [2.45, 2.75) is 25.6 Å². The van der Waals surface area contributed by atoms with Crippen molar-refractivity contribution in [1.29, 1.82) is 0 Å². The van der Waals surface area contributed by atoms with Crippen LogP contribution in [0.1, 0.15) is 16.8 Å². The Balaban J connectivity index is 1.42. The van der Waals surface area contributed by atoms with Gasteiger partial charge in [-0.25, -0.2) is 0 Å². The first-order valence-electron chi connectivity index (χ1n) is 9.74. The number of pyridine rings is 1. The van der Waals surface area contributed by atoms with E-state index in [-0.39, 0.29) is 13.0 Å². The lowest BCUT2D eigenvalue weighted by Gasteiger charge is -2.15. The van der Waals surface area contributed by atoms with E-state index >= 15 is 0 Å². The average molecular weight is 426 g/mol. The molecule has 0 aliphatic rings. The average Bonchev–Trinajstić information content (AvgIpc) is 3.12. The first kappa shape index (κ1) is 20.9. The number of benzene rings is 2. The molecule has 5 nitrogen and oxygen atoms in total. The van der Waals surface area contributed by atoms with Gasteiger partial charge in [-0.1, -0.05) is 24.3 Å². The molecule has 0 amide bonds. The van der Waals surface area contributed by atoms with Gasteiger partial charge in [0.25, 0.3) is 0 Å². The highest BCUT2D eigenvalue weighted by Crippen LogP contribution is 2.30. The SMILES string of the molecule is Cc1[nH]nc2ccc(-c3cncc(OC[C@@H](N)Cc4cccc(C(F)(F)F)c4)c3)cc12. The van der Waals surface area contributed by atoms with Crippen LogP contribution in [0.25, 0.3) is 22.0 Å². The topological polar surface area (TPSA) is 76.8 Å². The molecule has 0 radical (unpaired) electrons. The third kappa shape index (κ3) is 4.86. The van der Waals surface area contributed by atoms with Crippen molar-refractivity contribution in [3.63, 3.8) is 0 Å². The minimum Gasteiger partial charge on any atom is -0.490 e. The zero-order valence-electron chi connectivity index (χ0n) is 16.8. The van der Waals surface area contributed by atoms with Gasteiger partial charge in [0, 0.05) is 28.9 Å². The second kappa shape index (κ2) is 8.39. The first-order valence-corrected chi connectivity index (χ1v) is 9.74. The summed E-state index contributed by atoms with van der Waals surface area (Å²) in [5.74, 6) is 0.543. The lowest BCUT2D eigenvalue weighted by atomic mass is 10.0. The number of halogens is 3. The number of aromatic nitrogens is 3. The van der Waals surface area contributed by atoms with Gasteiger partial charge in [0.05, 0.1) is 17.3 Å². The molecule has 0 aliphatic heterocycles. The molecule has 0 saturated carbocycles. The summed E-state index contributed by atoms with van der Waals surface area (Å²) in [6.07, 6.45) is -0.775. The third-order valence-electron chi connectivity index (χ3n) is 5.01. The molecule has 1 atom stereocenters. The van der Waals surface area contributed by atoms with Crippen LogP contribution >= 0.6 is 0 Å². The van der Waals surface area contributed by atoms with Crippen LogP contribution in [0.5, 0.6) is 5.75 Å². The Labute approximate surface area is 177 Å². The first-order chi connectivity index (χ1) is 14.8. The van der Waals surface area contributed by atoms with E-state index in [9.17, 15) is 13.2 Å². The fraction of sp³-hybridized carbons (Fsp3) is 0.217. The molecule has 0 bridgehead atoms. The summed E-state index contributed by atoms with van der Waals surface area (Å²) >= 11 is 0. The molecule has 0 fully saturated rings. The summed E-state index contributed by atoms with van der Waals surface area (Å²) < 4.78 is 44.4. The van der Waals surface area contributed by atoms with Crippen LogP contribution < -0.4 is 10.5 Å².